The first-order valence-corrected chi connectivity index (χ1v) is 48.9. The summed E-state index contributed by atoms with van der Waals surface area (Å²) in [5.74, 6) is 3.57. The van der Waals surface area contributed by atoms with Gasteiger partial charge in [-0.25, -0.2) is 0 Å². The van der Waals surface area contributed by atoms with Gasteiger partial charge in [0.1, 0.15) is 23.0 Å². The van der Waals surface area contributed by atoms with E-state index in [1.807, 2.05) is 48.5 Å². The van der Waals surface area contributed by atoms with Gasteiger partial charge in [-0.3, -0.25) is 0 Å². The molecule has 6 aliphatic rings. The lowest BCUT2D eigenvalue weighted by molar-refractivity contribution is 0.434. The Morgan fingerprint density at radius 1 is 0.262 bits per heavy atom. The highest BCUT2D eigenvalue weighted by molar-refractivity contribution is 7.87. The molecule has 6 heterocycles. The second-order valence-electron chi connectivity index (χ2n) is 31.5. The Kier molecular flexibility index (Phi) is 18.8. The first-order chi connectivity index (χ1) is 59.7. The van der Waals surface area contributed by atoms with Crippen molar-refractivity contribution in [3.05, 3.63) is 511 Å². The van der Waals surface area contributed by atoms with Crippen molar-refractivity contribution in [2.24, 2.45) is 0 Å². The van der Waals surface area contributed by atoms with E-state index in [9.17, 15) is 0 Å². The SMILES string of the molecule is C.O=P1(c2ccc(Cl)cc2)c2ccccc2[Si](c2ccccc2)(c2ccccc2)c2ccccc21.O=P1(c2ccc(N3c4ccccc4C4(c5ccccc5Oc5ccccc54)c4ccccc43)cc2)c2ccccc2[Si](c2ccccc2)(c2ccccc2)c2ccccc21.[2HH].c1ccc2c(c1)Nc1ccccc1C21c2ccccc2Oc2ccccc21. The van der Waals surface area contributed by atoms with Gasteiger partial charge in [-0.1, -0.05) is 383 Å². The van der Waals surface area contributed by atoms with Gasteiger partial charge in [-0.05, 0) is 161 Å². The first kappa shape index (κ1) is 75.8. The van der Waals surface area contributed by atoms with Gasteiger partial charge in [-0.15, -0.1) is 0 Å². The standard InChI is InChI=1S/C55H38NO2PSi.C30H22ClOPSi.C25H17NO.CH4.H2/c57-59(51-31-15-17-33-53(51)60(41-19-3-1-4-20-41,42-21-5-2-6-22-42)54-34-18-16-32-52(54)59)40-37-35-39(36-38-40)56-47-27-11-7-23-43(47)55(44-24-8-12-28-48(44)56)45-25-9-13-29-49(45)58-50-30-14-10-26-46(50)55;31-23-19-21-24(22-20-23)33(32)27-15-7-9-17-29(27)34(25-11-3-1-4-12-25,26-13-5-2-6-14-26)30-18-10-8-16-28(30)33;1-5-13-21-17(9-1)25(18-10-2-6-14-22(18)26-21)19-11-3-7-15-23(19)27-24-16-8-4-12-20(24)25;;/h1-38H;1-22H;1-16,26H;1H4;1H/i;;;;1+1. The van der Waals surface area contributed by atoms with Crippen molar-refractivity contribution >= 4 is 144 Å². The Hall–Kier alpha value is -13.7. The normalized spacial score (nSPS) is 15.2. The van der Waals surface area contributed by atoms with Crippen molar-refractivity contribution in [2.45, 2.75) is 18.3 Å². The van der Waals surface area contributed by atoms with Crippen LogP contribution < -0.4 is 93.0 Å². The zero-order chi connectivity index (χ0) is 80.9. The summed E-state index contributed by atoms with van der Waals surface area (Å²) < 4.78 is 44.8. The molecule has 0 saturated carbocycles. The van der Waals surface area contributed by atoms with Gasteiger partial charge in [0.05, 0.1) is 22.2 Å². The molecule has 586 valence electrons. The van der Waals surface area contributed by atoms with E-state index >= 15 is 9.13 Å². The van der Waals surface area contributed by atoms with Crippen LogP contribution in [0.15, 0.2) is 461 Å². The summed E-state index contributed by atoms with van der Waals surface area (Å²) in [6, 6.07) is 162. The Bertz CT molecular complexity index is 6730. The smallest absolute Gasteiger partial charge is 0.181 e. The number of para-hydroxylation sites is 8. The fourth-order valence-corrected chi connectivity index (χ4v) is 40.4. The molecule has 18 aromatic carbocycles. The Balaban J connectivity index is 0.000000128. The van der Waals surface area contributed by atoms with Crippen LogP contribution in [0.2, 0.25) is 5.02 Å². The average Bonchev–Trinajstić information content (AvgIpc) is 0.705. The number of nitrogens with one attached hydrogen (secondary N) is 1. The van der Waals surface area contributed by atoms with E-state index in [0.29, 0.717) is 5.02 Å². The highest BCUT2D eigenvalue weighted by atomic mass is 35.5. The molecule has 122 heavy (non-hydrogen) atoms. The summed E-state index contributed by atoms with van der Waals surface area (Å²) >= 11 is 6.22. The Labute approximate surface area is 720 Å². The van der Waals surface area contributed by atoms with E-state index in [2.05, 4.69) is 423 Å². The fourth-order valence-electron chi connectivity index (χ4n) is 21.0. The lowest BCUT2D eigenvalue weighted by atomic mass is 9.61. The molecule has 0 bridgehead atoms. The molecule has 0 amide bonds. The fraction of sp³-hybridized carbons (Fsp3) is 0.0270. The molecule has 0 aliphatic carbocycles. The zero-order valence-electron chi connectivity index (χ0n) is 65.7. The molecule has 0 atom stereocenters. The van der Waals surface area contributed by atoms with Crippen LogP contribution in [-0.2, 0) is 20.0 Å². The summed E-state index contributed by atoms with van der Waals surface area (Å²) in [5, 5.41) is 19.6. The van der Waals surface area contributed by atoms with E-state index in [-0.39, 0.29) is 8.85 Å². The lowest BCUT2D eigenvalue weighted by Gasteiger charge is -2.48. The van der Waals surface area contributed by atoms with Crippen molar-refractivity contribution < 1.29 is 20.0 Å². The largest absolute Gasteiger partial charge is 0.457 e. The third-order valence-electron chi connectivity index (χ3n) is 25.7. The van der Waals surface area contributed by atoms with Gasteiger partial charge in [-0.2, -0.15) is 0 Å². The maximum absolute atomic E-state index is 16.5. The van der Waals surface area contributed by atoms with Crippen LogP contribution in [0.3, 0.4) is 0 Å². The average molecular weight is 1660 g/mol. The molecule has 0 unspecified atom stereocenters. The maximum Gasteiger partial charge on any atom is 0.181 e. The van der Waals surface area contributed by atoms with Crippen molar-refractivity contribution in [1.82, 2.24) is 0 Å². The number of anilines is 5. The molecule has 0 fully saturated rings. The van der Waals surface area contributed by atoms with Crippen LogP contribution in [0, 0.1) is 0 Å². The van der Waals surface area contributed by atoms with Crippen LogP contribution in [-0.4, -0.2) is 16.1 Å². The van der Waals surface area contributed by atoms with Crippen molar-refractivity contribution in [2.75, 3.05) is 10.2 Å². The van der Waals surface area contributed by atoms with Gasteiger partial charge in [0.25, 0.3) is 0 Å². The van der Waals surface area contributed by atoms with Crippen LogP contribution in [0.25, 0.3) is 0 Å². The molecule has 2 spiro atoms. The van der Waals surface area contributed by atoms with Crippen molar-refractivity contribution in [3.63, 3.8) is 0 Å². The quantitative estimate of drug-likeness (QED) is 0.127. The number of halogens is 1. The van der Waals surface area contributed by atoms with Gasteiger partial charge >= 0.3 is 0 Å². The maximum atomic E-state index is 16.5. The number of hydrogen-bond acceptors (Lipinski definition) is 6. The monoisotopic (exact) mass is 1660 g/mol. The summed E-state index contributed by atoms with van der Waals surface area (Å²) in [5.41, 5.74) is 14.0. The molecule has 0 aromatic heterocycles. The molecule has 1 N–H and O–H groups in total. The molecule has 0 saturated heterocycles. The number of benzene rings is 18. The number of fused-ring (bicyclic) bond motifs is 20. The molecule has 24 rings (SSSR count). The number of ether oxygens (including phenoxy) is 2. The second kappa shape index (κ2) is 30.2. The van der Waals surface area contributed by atoms with Crippen LogP contribution in [0.1, 0.15) is 53.4 Å². The minimum Gasteiger partial charge on any atom is -0.457 e. The molecule has 18 aromatic rings. The molecule has 0 radical (unpaired) electrons. The number of rotatable bonds is 7. The number of nitrogens with zero attached hydrogens (tertiary/aromatic N) is 1. The second-order valence-corrected chi connectivity index (χ2v) is 44.8. The van der Waals surface area contributed by atoms with Gasteiger partial charge < -0.3 is 28.8 Å². The van der Waals surface area contributed by atoms with E-state index in [1.165, 1.54) is 74.9 Å². The van der Waals surface area contributed by atoms with Gasteiger partial charge in [0, 0.05) is 77.6 Å². The summed E-state index contributed by atoms with van der Waals surface area (Å²) in [6.07, 6.45) is 0. The van der Waals surface area contributed by atoms with Gasteiger partial charge in [0.15, 0.2) is 30.4 Å². The van der Waals surface area contributed by atoms with E-state index in [4.69, 9.17) is 21.1 Å². The summed E-state index contributed by atoms with van der Waals surface area (Å²) in [4.78, 5) is 2.38. The highest BCUT2D eigenvalue weighted by Crippen LogP contribution is 2.64. The minimum absolute atomic E-state index is 0. The van der Waals surface area contributed by atoms with E-state index < -0.39 is 41.3 Å². The predicted molar refractivity (Wildman–Crippen MR) is 515 cm³/mol. The topological polar surface area (TPSA) is 67.9 Å². The molecular formula is C111H83ClN2O4P2Si2. The predicted octanol–water partition coefficient (Wildman–Crippen LogP) is 20.1. The van der Waals surface area contributed by atoms with Crippen LogP contribution in [0.4, 0.5) is 28.4 Å². The zero-order valence-corrected chi connectivity index (χ0v) is 70.3. The van der Waals surface area contributed by atoms with Crippen LogP contribution >= 0.6 is 25.9 Å². The minimum atomic E-state index is -3.36. The van der Waals surface area contributed by atoms with Crippen molar-refractivity contribution in [1.29, 1.82) is 0 Å². The molecule has 6 nitrogen and oxygen atoms in total. The van der Waals surface area contributed by atoms with Gasteiger partial charge in [0.2, 0.25) is 0 Å². The molecule has 6 aliphatic heterocycles. The van der Waals surface area contributed by atoms with Crippen molar-refractivity contribution in [3.8, 4) is 23.0 Å². The molecule has 11 heteroatoms. The van der Waals surface area contributed by atoms with Crippen LogP contribution in [0.5, 0.6) is 23.0 Å². The number of hydrogen-bond donors (Lipinski definition) is 1. The third kappa shape index (κ3) is 11.1. The summed E-state index contributed by atoms with van der Waals surface area (Å²) in [6.45, 7) is 0. The highest BCUT2D eigenvalue weighted by Gasteiger charge is 2.57. The van der Waals surface area contributed by atoms with E-state index in [0.717, 1.165) is 94.4 Å². The molecular weight excluding hydrogens is 1580 g/mol. The first-order valence-electron chi connectivity index (χ1n) is 41.1. The third-order valence-corrected chi connectivity index (χ3v) is 42.9. The Morgan fingerprint density at radius 2 is 0.508 bits per heavy atom. The lowest BCUT2D eigenvalue weighted by Crippen LogP contribution is -2.81. The van der Waals surface area contributed by atoms with E-state index in [1.54, 1.807) is 0 Å². The summed E-state index contributed by atoms with van der Waals surface area (Å²) in [7, 11) is -12.0. The Morgan fingerprint density at radius 3 is 0.836 bits per heavy atom.